The topological polar surface area (TPSA) is 80.3 Å². The molecular weight excluding hydrogens is 290 g/mol. The highest BCUT2D eigenvalue weighted by molar-refractivity contribution is 5.72. The van der Waals surface area contributed by atoms with E-state index in [1.807, 2.05) is 29.2 Å². The predicted molar refractivity (Wildman–Crippen MR) is 86.0 cm³/mol. The van der Waals surface area contributed by atoms with Crippen molar-refractivity contribution in [1.29, 1.82) is 10.5 Å². The Hall–Kier alpha value is -2.24. The van der Waals surface area contributed by atoms with Crippen LogP contribution in [0, 0.1) is 28.6 Å². The lowest BCUT2D eigenvalue weighted by molar-refractivity contribution is 0.113. The van der Waals surface area contributed by atoms with E-state index in [0.29, 0.717) is 11.7 Å². The van der Waals surface area contributed by atoms with Crippen LogP contribution in [0.4, 0.5) is 5.69 Å². The van der Waals surface area contributed by atoms with Gasteiger partial charge in [-0.15, -0.1) is 0 Å². The summed E-state index contributed by atoms with van der Waals surface area (Å²) in [5.41, 5.74) is 2.70. The fraction of sp³-hybridized carbons (Fsp3) is 0.556. The fourth-order valence-corrected chi connectivity index (χ4v) is 4.29. The van der Waals surface area contributed by atoms with Crippen molar-refractivity contribution in [2.75, 3.05) is 12.0 Å². The molecule has 0 saturated carbocycles. The molecule has 0 saturated heterocycles. The number of ether oxygens (including phenoxy) is 1. The SMILES string of the molecule is COc1cc2c3c(c1)[C@H](C(C#N)C#N)[C@@H](O)N3C(C)(C)C[C@H]2C. The van der Waals surface area contributed by atoms with Gasteiger partial charge in [0.05, 0.1) is 25.2 Å². The van der Waals surface area contributed by atoms with Gasteiger partial charge in [0.15, 0.2) is 0 Å². The molecule has 0 radical (unpaired) electrons. The Morgan fingerprint density at radius 1 is 1.30 bits per heavy atom. The summed E-state index contributed by atoms with van der Waals surface area (Å²) in [7, 11) is 1.61. The number of hydrogen-bond donors (Lipinski definition) is 1. The number of anilines is 1. The maximum absolute atomic E-state index is 10.9. The summed E-state index contributed by atoms with van der Waals surface area (Å²) in [5, 5.41) is 29.6. The Bertz CT molecular complexity index is 715. The van der Waals surface area contributed by atoms with Crippen LogP contribution < -0.4 is 9.64 Å². The summed E-state index contributed by atoms with van der Waals surface area (Å²) in [6.45, 7) is 6.36. The maximum Gasteiger partial charge on any atom is 0.144 e. The Morgan fingerprint density at radius 2 is 1.91 bits per heavy atom. The Labute approximate surface area is 136 Å². The second-order valence-electron chi connectivity index (χ2n) is 7.12. The van der Waals surface area contributed by atoms with Gasteiger partial charge in [-0.3, -0.25) is 0 Å². The second kappa shape index (κ2) is 5.15. The Morgan fingerprint density at radius 3 is 2.48 bits per heavy atom. The van der Waals surface area contributed by atoms with E-state index in [9.17, 15) is 15.6 Å². The van der Waals surface area contributed by atoms with Gasteiger partial charge in [-0.25, -0.2) is 0 Å². The molecule has 23 heavy (non-hydrogen) atoms. The van der Waals surface area contributed by atoms with Gasteiger partial charge < -0.3 is 14.7 Å². The first-order chi connectivity index (χ1) is 10.9. The maximum atomic E-state index is 10.9. The number of aliphatic hydroxyl groups is 1. The van der Waals surface area contributed by atoms with Crippen LogP contribution in [0.2, 0.25) is 0 Å². The van der Waals surface area contributed by atoms with Gasteiger partial charge in [0.2, 0.25) is 0 Å². The quantitative estimate of drug-likeness (QED) is 0.908. The third-order valence-electron chi connectivity index (χ3n) is 5.19. The molecule has 1 aromatic carbocycles. The Kier molecular flexibility index (Phi) is 3.50. The van der Waals surface area contributed by atoms with E-state index in [0.717, 1.165) is 23.2 Å². The van der Waals surface area contributed by atoms with Crippen LogP contribution in [0.3, 0.4) is 0 Å². The van der Waals surface area contributed by atoms with Crippen molar-refractivity contribution in [3.05, 3.63) is 23.3 Å². The highest BCUT2D eigenvalue weighted by atomic mass is 16.5. The zero-order chi connectivity index (χ0) is 16.9. The first-order valence-corrected chi connectivity index (χ1v) is 7.84. The van der Waals surface area contributed by atoms with Crippen LogP contribution in [-0.2, 0) is 0 Å². The monoisotopic (exact) mass is 311 g/mol. The van der Waals surface area contributed by atoms with E-state index in [2.05, 4.69) is 20.8 Å². The van der Waals surface area contributed by atoms with Gasteiger partial charge in [0.25, 0.3) is 0 Å². The van der Waals surface area contributed by atoms with Crippen molar-refractivity contribution < 1.29 is 9.84 Å². The summed E-state index contributed by atoms with van der Waals surface area (Å²) < 4.78 is 5.41. The summed E-state index contributed by atoms with van der Waals surface area (Å²) in [5.74, 6) is -0.408. The first-order valence-electron chi connectivity index (χ1n) is 7.84. The third kappa shape index (κ3) is 2.08. The van der Waals surface area contributed by atoms with Crippen molar-refractivity contribution in [2.24, 2.45) is 5.92 Å². The van der Waals surface area contributed by atoms with Crippen molar-refractivity contribution in [2.45, 2.75) is 50.8 Å². The molecule has 0 amide bonds. The van der Waals surface area contributed by atoms with Crippen LogP contribution in [0.1, 0.15) is 50.2 Å². The number of hydrogen-bond acceptors (Lipinski definition) is 5. The summed E-state index contributed by atoms with van der Waals surface area (Å²) in [4.78, 5) is 1.99. The first kappa shape index (κ1) is 15.6. The minimum atomic E-state index is -0.891. The van der Waals surface area contributed by atoms with Crippen molar-refractivity contribution in [3.63, 3.8) is 0 Å². The number of nitrogens with zero attached hydrogens (tertiary/aromatic N) is 3. The molecule has 5 heteroatoms. The Balaban J connectivity index is 2.29. The number of aliphatic hydroxyl groups excluding tert-OH is 1. The van der Waals surface area contributed by atoms with E-state index < -0.39 is 18.1 Å². The zero-order valence-electron chi connectivity index (χ0n) is 13.9. The molecular formula is C18H21N3O2. The molecule has 0 unspecified atom stereocenters. The zero-order valence-corrected chi connectivity index (χ0v) is 13.9. The minimum Gasteiger partial charge on any atom is -0.497 e. The smallest absolute Gasteiger partial charge is 0.144 e. The molecule has 3 atom stereocenters. The molecule has 2 heterocycles. The highest BCUT2D eigenvalue weighted by Crippen LogP contribution is 2.56. The van der Waals surface area contributed by atoms with Gasteiger partial charge in [-0.1, -0.05) is 6.92 Å². The second-order valence-corrected chi connectivity index (χ2v) is 7.12. The van der Waals surface area contributed by atoms with Crippen LogP contribution in [0.25, 0.3) is 0 Å². The number of benzene rings is 1. The lowest BCUT2D eigenvalue weighted by Crippen LogP contribution is -2.52. The van der Waals surface area contributed by atoms with Crippen LogP contribution in [0.15, 0.2) is 12.1 Å². The van der Waals surface area contributed by atoms with Crippen molar-refractivity contribution >= 4 is 5.69 Å². The molecule has 2 aliphatic heterocycles. The molecule has 0 bridgehead atoms. The molecule has 120 valence electrons. The van der Waals surface area contributed by atoms with E-state index >= 15 is 0 Å². The minimum absolute atomic E-state index is 0.237. The molecule has 0 aliphatic carbocycles. The molecule has 1 aromatic rings. The molecule has 0 spiro atoms. The van der Waals surface area contributed by atoms with Gasteiger partial charge in [-0.2, -0.15) is 10.5 Å². The number of nitriles is 2. The van der Waals surface area contributed by atoms with E-state index in [1.165, 1.54) is 0 Å². The summed E-state index contributed by atoms with van der Waals surface area (Å²) >= 11 is 0. The molecule has 0 fully saturated rings. The predicted octanol–water partition coefficient (Wildman–Crippen LogP) is 2.87. The van der Waals surface area contributed by atoms with Gasteiger partial charge in [0.1, 0.15) is 17.9 Å². The molecule has 2 aliphatic rings. The van der Waals surface area contributed by atoms with E-state index in [1.54, 1.807) is 7.11 Å². The van der Waals surface area contributed by atoms with Crippen LogP contribution >= 0.6 is 0 Å². The molecule has 1 N–H and O–H groups in total. The summed E-state index contributed by atoms with van der Waals surface area (Å²) in [6.07, 6.45) is 0.0165. The largest absolute Gasteiger partial charge is 0.497 e. The van der Waals surface area contributed by atoms with Crippen LogP contribution in [-0.4, -0.2) is 24.0 Å². The lowest BCUT2D eigenvalue weighted by atomic mass is 9.80. The molecule has 5 nitrogen and oxygen atoms in total. The average molecular weight is 311 g/mol. The molecule has 3 rings (SSSR count). The van der Waals surface area contributed by atoms with E-state index in [4.69, 9.17) is 4.74 Å². The lowest BCUT2D eigenvalue weighted by Gasteiger charge is -2.47. The number of methoxy groups -OCH3 is 1. The van der Waals surface area contributed by atoms with Crippen LogP contribution in [0.5, 0.6) is 5.75 Å². The number of rotatable bonds is 2. The van der Waals surface area contributed by atoms with Gasteiger partial charge >= 0.3 is 0 Å². The van der Waals surface area contributed by atoms with Crippen molar-refractivity contribution in [1.82, 2.24) is 0 Å². The molecule has 0 aromatic heterocycles. The summed E-state index contributed by atoms with van der Waals surface area (Å²) in [6, 6.07) is 7.95. The highest BCUT2D eigenvalue weighted by Gasteiger charge is 2.51. The van der Waals surface area contributed by atoms with Gasteiger partial charge in [0, 0.05) is 11.2 Å². The average Bonchev–Trinajstić information content (AvgIpc) is 2.80. The third-order valence-corrected chi connectivity index (χ3v) is 5.19. The van der Waals surface area contributed by atoms with E-state index in [-0.39, 0.29) is 5.54 Å². The fourth-order valence-electron chi connectivity index (χ4n) is 4.29. The normalized spacial score (nSPS) is 27.3. The van der Waals surface area contributed by atoms with Gasteiger partial charge in [-0.05, 0) is 49.4 Å². The van der Waals surface area contributed by atoms with Crippen molar-refractivity contribution in [3.8, 4) is 17.9 Å². The standard InChI is InChI=1S/C18H21N3O2/c1-10-7-18(2,3)21-16-13(10)5-12(23-4)6-14(16)15(17(21)22)11(8-19)9-20/h5-6,10-11,15,17,22H,7H2,1-4H3/t10-,15+,17-/m1/s1.